The molecule has 0 amide bonds. The normalized spacial score (nSPS) is 15.7. The average molecular weight is 156 g/mol. The molecule has 0 aromatic heterocycles. The van der Waals surface area contributed by atoms with Crippen molar-refractivity contribution in [3.63, 3.8) is 0 Å². The van der Waals surface area contributed by atoms with Crippen LogP contribution in [0.1, 0.15) is 33.6 Å². The first-order chi connectivity index (χ1) is 5.17. The van der Waals surface area contributed by atoms with Crippen molar-refractivity contribution in [3.8, 4) is 0 Å². The Morgan fingerprint density at radius 3 is 1.73 bits per heavy atom. The topological polar surface area (TPSA) is 52.0 Å². The van der Waals surface area contributed by atoms with Crippen LogP contribution >= 0.6 is 0 Å². The second-order valence-corrected chi connectivity index (χ2v) is 2.82. The summed E-state index contributed by atoms with van der Waals surface area (Å²) in [6.07, 6.45) is 3.98. The Balaban J connectivity index is 4.17. The predicted molar refractivity (Wildman–Crippen MR) is 50.3 cm³/mol. The highest BCUT2D eigenvalue weighted by atomic mass is 14.7. The van der Waals surface area contributed by atoms with E-state index in [1.165, 1.54) is 5.57 Å². The number of rotatable bonds is 4. The van der Waals surface area contributed by atoms with Gasteiger partial charge in [-0.15, -0.1) is 0 Å². The van der Waals surface area contributed by atoms with Crippen molar-refractivity contribution >= 4 is 0 Å². The second kappa shape index (κ2) is 5.33. The fourth-order valence-electron chi connectivity index (χ4n) is 1.17. The van der Waals surface area contributed by atoms with E-state index in [9.17, 15) is 0 Å². The Morgan fingerprint density at radius 1 is 1.18 bits per heavy atom. The van der Waals surface area contributed by atoms with Crippen LogP contribution in [0.2, 0.25) is 0 Å². The molecule has 0 saturated carbocycles. The molecule has 0 rings (SSSR count). The van der Waals surface area contributed by atoms with Gasteiger partial charge in [-0.25, -0.2) is 0 Å². The van der Waals surface area contributed by atoms with Gasteiger partial charge in [0.15, 0.2) is 0 Å². The maximum absolute atomic E-state index is 5.86. The first-order valence-corrected chi connectivity index (χ1v) is 4.34. The summed E-state index contributed by atoms with van der Waals surface area (Å²) in [7, 11) is 0. The molecule has 2 atom stereocenters. The maximum atomic E-state index is 5.86. The van der Waals surface area contributed by atoms with E-state index < -0.39 is 0 Å². The van der Waals surface area contributed by atoms with E-state index in [-0.39, 0.29) is 12.1 Å². The SMILES string of the molecule is CC=C(C(N)CC)C(N)CC. The minimum absolute atomic E-state index is 0.148. The molecule has 0 aliphatic heterocycles. The van der Waals surface area contributed by atoms with Gasteiger partial charge < -0.3 is 11.5 Å². The molecule has 2 heteroatoms. The number of hydrogen-bond donors (Lipinski definition) is 2. The van der Waals surface area contributed by atoms with Crippen molar-refractivity contribution in [1.82, 2.24) is 0 Å². The van der Waals surface area contributed by atoms with Gasteiger partial charge in [0.2, 0.25) is 0 Å². The zero-order valence-corrected chi connectivity index (χ0v) is 7.80. The lowest BCUT2D eigenvalue weighted by Gasteiger charge is -2.19. The van der Waals surface area contributed by atoms with Gasteiger partial charge in [-0.3, -0.25) is 0 Å². The molecule has 2 unspecified atom stereocenters. The lowest BCUT2D eigenvalue weighted by atomic mass is 9.96. The molecule has 0 radical (unpaired) electrons. The van der Waals surface area contributed by atoms with Crippen molar-refractivity contribution in [2.45, 2.75) is 45.7 Å². The molecule has 11 heavy (non-hydrogen) atoms. The van der Waals surface area contributed by atoms with Crippen LogP contribution < -0.4 is 11.5 Å². The first kappa shape index (κ1) is 10.7. The van der Waals surface area contributed by atoms with E-state index >= 15 is 0 Å². The number of hydrogen-bond acceptors (Lipinski definition) is 2. The molecule has 0 bridgehead atoms. The Hall–Kier alpha value is -0.340. The lowest BCUT2D eigenvalue weighted by molar-refractivity contribution is 0.628. The highest BCUT2D eigenvalue weighted by Crippen LogP contribution is 2.09. The summed E-state index contributed by atoms with van der Waals surface area (Å²) >= 11 is 0. The molecule has 0 aliphatic rings. The fraction of sp³-hybridized carbons (Fsp3) is 0.778. The smallest absolute Gasteiger partial charge is 0.0266 e. The van der Waals surface area contributed by atoms with E-state index in [0.717, 1.165) is 12.8 Å². The lowest BCUT2D eigenvalue weighted by Crippen LogP contribution is -2.33. The molecule has 2 nitrogen and oxygen atoms in total. The molecule has 0 aromatic rings. The van der Waals surface area contributed by atoms with Crippen LogP contribution in [0.25, 0.3) is 0 Å². The van der Waals surface area contributed by atoms with E-state index in [0.29, 0.717) is 0 Å². The van der Waals surface area contributed by atoms with Crippen LogP contribution in [0.5, 0.6) is 0 Å². The first-order valence-electron chi connectivity index (χ1n) is 4.34. The van der Waals surface area contributed by atoms with Crippen molar-refractivity contribution in [1.29, 1.82) is 0 Å². The van der Waals surface area contributed by atoms with Crippen LogP contribution in [0.3, 0.4) is 0 Å². The molecular formula is C9H20N2. The zero-order valence-electron chi connectivity index (χ0n) is 7.80. The average Bonchev–Trinajstić information content (AvgIpc) is 2.05. The van der Waals surface area contributed by atoms with Gasteiger partial charge in [0.05, 0.1) is 0 Å². The molecule has 66 valence electrons. The molecular weight excluding hydrogens is 136 g/mol. The van der Waals surface area contributed by atoms with Crippen LogP contribution in [0.15, 0.2) is 11.6 Å². The second-order valence-electron chi connectivity index (χ2n) is 2.82. The molecule has 0 aliphatic carbocycles. The van der Waals surface area contributed by atoms with Gasteiger partial charge in [-0.05, 0) is 25.3 Å². The summed E-state index contributed by atoms with van der Waals surface area (Å²) in [4.78, 5) is 0. The van der Waals surface area contributed by atoms with E-state index in [4.69, 9.17) is 11.5 Å². The van der Waals surface area contributed by atoms with E-state index in [2.05, 4.69) is 13.8 Å². The Labute approximate surface area is 69.6 Å². The standard InChI is InChI=1S/C9H20N2/c1-4-7(8(10)5-2)9(11)6-3/h4,8-9H,5-6,10-11H2,1-3H3. The third-order valence-corrected chi connectivity index (χ3v) is 2.07. The van der Waals surface area contributed by atoms with Crippen LogP contribution in [-0.2, 0) is 0 Å². The van der Waals surface area contributed by atoms with Crippen molar-refractivity contribution in [3.05, 3.63) is 11.6 Å². The predicted octanol–water partition coefficient (Wildman–Crippen LogP) is 1.41. The Kier molecular flexibility index (Phi) is 5.16. The van der Waals surface area contributed by atoms with Crippen molar-refractivity contribution in [2.24, 2.45) is 11.5 Å². The number of allylic oxidation sites excluding steroid dienone is 1. The molecule has 0 spiro atoms. The Bertz CT molecular complexity index is 118. The third-order valence-electron chi connectivity index (χ3n) is 2.07. The summed E-state index contributed by atoms with van der Waals surface area (Å²) in [5.41, 5.74) is 12.9. The summed E-state index contributed by atoms with van der Waals surface area (Å²) in [6.45, 7) is 6.16. The van der Waals surface area contributed by atoms with E-state index in [1.807, 2.05) is 13.0 Å². The van der Waals surface area contributed by atoms with Gasteiger partial charge in [-0.1, -0.05) is 19.9 Å². The van der Waals surface area contributed by atoms with Crippen LogP contribution in [-0.4, -0.2) is 12.1 Å². The van der Waals surface area contributed by atoms with Gasteiger partial charge in [-0.2, -0.15) is 0 Å². The van der Waals surface area contributed by atoms with Crippen LogP contribution in [0, 0.1) is 0 Å². The zero-order chi connectivity index (χ0) is 8.85. The molecule has 0 saturated heterocycles. The monoisotopic (exact) mass is 156 g/mol. The molecule has 0 heterocycles. The molecule has 4 N–H and O–H groups in total. The highest BCUT2D eigenvalue weighted by Gasteiger charge is 2.11. The summed E-state index contributed by atoms with van der Waals surface area (Å²) in [6, 6.07) is 0.296. The number of nitrogens with two attached hydrogens (primary N) is 2. The largest absolute Gasteiger partial charge is 0.324 e. The maximum Gasteiger partial charge on any atom is 0.0266 e. The van der Waals surface area contributed by atoms with Gasteiger partial charge in [0, 0.05) is 12.1 Å². The van der Waals surface area contributed by atoms with Crippen molar-refractivity contribution < 1.29 is 0 Å². The quantitative estimate of drug-likeness (QED) is 0.605. The minimum Gasteiger partial charge on any atom is -0.324 e. The highest BCUT2D eigenvalue weighted by molar-refractivity contribution is 5.15. The van der Waals surface area contributed by atoms with Crippen LogP contribution in [0.4, 0.5) is 0 Å². The summed E-state index contributed by atoms with van der Waals surface area (Å²) < 4.78 is 0. The van der Waals surface area contributed by atoms with Gasteiger partial charge >= 0.3 is 0 Å². The van der Waals surface area contributed by atoms with Crippen molar-refractivity contribution in [2.75, 3.05) is 0 Å². The minimum atomic E-state index is 0.148. The Morgan fingerprint density at radius 2 is 1.55 bits per heavy atom. The van der Waals surface area contributed by atoms with E-state index in [1.54, 1.807) is 0 Å². The summed E-state index contributed by atoms with van der Waals surface area (Å²) in [5, 5.41) is 0. The molecule has 0 fully saturated rings. The fourth-order valence-corrected chi connectivity index (χ4v) is 1.17. The molecule has 0 aromatic carbocycles. The van der Waals surface area contributed by atoms with Gasteiger partial charge in [0.25, 0.3) is 0 Å². The summed E-state index contributed by atoms with van der Waals surface area (Å²) in [5.74, 6) is 0. The van der Waals surface area contributed by atoms with Gasteiger partial charge in [0.1, 0.15) is 0 Å². The third kappa shape index (κ3) is 3.04.